The lowest BCUT2D eigenvalue weighted by atomic mass is 10.0. The zero-order chi connectivity index (χ0) is 15.9. The molecule has 0 radical (unpaired) electrons. The van der Waals surface area contributed by atoms with E-state index in [0.717, 1.165) is 12.0 Å². The van der Waals surface area contributed by atoms with Gasteiger partial charge in [0.1, 0.15) is 5.72 Å². The summed E-state index contributed by atoms with van der Waals surface area (Å²) in [5.74, 6) is -0.0401. The SMILES string of the molecule is CC1(C)O[C@@H]2Cc3ccccc3C2N1C(=O)CC[C@@H](O)CO. The Hall–Kier alpha value is -1.43. The van der Waals surface area contributed by atoms with Crippen molar-refractivity contribution in [2.45, 2.75) is 57.1 Å². The van der Waals surface area contributed by atoms with Crippen LogP contribution in [-0.4, -0.2) is 45.6 Å². The Bertz CT molecular complexity index is 572. The third kappa shape index (κ3) is 2.53. The highest BCUT2D eigenvalue weighted by Gasteiger charge is 2.53. The monoisotopic (exact) mass is 305 g/mol. The minimum absolute atomic E-state index is 0.000819. The molecule has 2 N–H and O–H groups in total. The van der Waals surface area contributed by atoms with Gasteiger partial charge in [-0.15, -0.1) is 0 Å². The van der Waals surface area contributed by atoms with Gasteiger partial charge in [-0.25, -0.2) is 0 Å². The number of ether oxygens (including phenoxy) is 1. The standard InChI is InChI=1S/C17H23NO4/c1-17(2)18(15(21)8-7-12(20)10-19)16-13-6-4-3-5-11(13)9-14(16)22-17/h3-6,12,14,16,19-20H,7-10H2,1-2H3/t12-,14-,16?/m1/s1. The maximum Gasteiger partial charge on any atom is 0.225 e. The Morgan fingerprint density at radius 3 is 2.91 bits per heavy atom. The lowest BCUT2D eigenvalue weighted by Gasteiger charge is -2.34. The highest BCUT2D eigenvalue weighted by Crippen LogP contribution is 2.48. The number of nitrogens with zero attached hydrogens (tertiary/aromatic N) is 1. The molecule has 120 valence electrons. The lowest BCUT2D eigenvalue weighted by molar-refractivity contribution is -0.148. The Labute approximate surface area is 130 Å². The maximum atomic E-state index is 12.7. The molecule has 5 heteroatoms. The summed E-state index contributed by atoms with van der Waals surface area (Å²) in [6.07, 6.45) is 0.454. The van der Waals surface area contributed by atoms with Gasteiger partial charge in [-0.3, -0.25) is 4.79 Å². The Balaban J connectivity index is 1.83. The van der Waals surface area contributed by atoms with E-state index in [4.69, 9.17) is 9.84 Å². The zero-order valence-electron chi connectivity index (χ0n) is 13.0. The first-order chi connectivity index (χ1) is 10.4. The number of aliphatic hydroxyl groups excluding tert-OH is 2. The molecule has 1 heterocycles. The molecular weight excluding hydrogens is 282 g/mol. The molecule has 2 aliphatic rings. The molecule has 22 heavy (non-hydrogen) atoms. The number of rotatable bonds is 4. The van der Waals surface area contributed by atoms with Crippen LogP contribution in [0.25, 0.3) is 0 Å². The molecule has 1 aromatic rings. The number of hydrogen-bond donors (Lipinski definition) is 2. The van der Waals surface area contributed by atoms with Crippen molar-refractivity contribution < 1.29 is 19.7 Å². The summed E-state index contributed by atoms with van der Waals surface area (Å²) in [6, 6.07) is 8.10. The van der Waals surface area contributed by atoms with Gasteiger partial charge in [0.15, 0.2) is 0 Å². The van der Waals surface area contributed by atoms with Crippen LogP contribution in [0, 0.1) is 0 Å². The molecule has 3 rings (SSSR count). The largest absolute Gasteiger partial charge is 0.394 e. The Morgan fingerprint density at radius 1 is 1.45 bits per heavy atom. The van der Waals surface area contributed by atoms with Gasteiger partial charge >= 0.3 is 0 Å². The van der Waals surface area contributed by atoms with Crippen molar-refractivity contribution in [2.24, 2.45) is 0 Å². The van der Waals surface area contributed by atoms with Crippen LogP contribution in [-0.2, 0) is 16.0 Å². The van der Waals surface area contributed by atoms with Crippen LogP contribution in [0.3, 0.4) is 0 Å². The van der Waals surface area contributed by atoms with Crippen molar-refractivity contribution in [1.82, 2.24) is 4.90 Å². The predicted molar refractivity (Wildman–Crippen MR) is 81.0 cm³/mol. The van der Waals surface area contributed by atoms with E-state index >= 15 is 0 Å². The number of benzene rings is 1. The predicted octanol–water partition coefficient (Wildman–Crippen LogP) is 1.38. The fraction of sp³-hybridized carbons (Fsp3) is 0.588. The van der Waals surface area contributed by atoms with Gasteiger partial charge in [-0.1, -0.05) is 24.3 Å². The topological polar surface area (TPSA) is 70.0 Å². The van der Waals surface area contributed by atoms with Crippen LogP contribution >= 0.6 is 0 Å². The van der Waals surface area contributed by atoms with E-state index < -0.39 is 11.8 Å². The average molecular weight is 305 g/mol. The minimum Gasteiger partial charge on any atom is -0.394 e. The summed E-state index contributed by atoms with van der Waals surface area (Å²) in [7, 11) is 0. The summed E-state index contributed by atoms with van der Waals surface area (Å²) in [4.78, 5) is 14.5. The van der Waals surface area contributed by atoms with E-state index in [9.17, 15) is 9.90 Å². The molecule has 1 unspecified atom stereocenters. The minimum atomic E-state index is -0.845. The first-order valence-corrected chi connectivity index (χ1v) is 7.81. The number of hydrogen-bond acceptors (Lipinski definition) is 4. The van der Waals surface area contributed by atoms with Gasteiger partial charge in [0.05, 0.1) is 24.9 Å². The van der Waals surface area contributed by atoms with Crippen molar-refractivity contribution in [3.05, 3.63) is 35.4 Å². The summed E-state index contributed by atoms with van der Waals surface area (Å²) in [5, 5.41) is 18.4. The number of amides is 1. The molecular formula is C17H23NO4. The second kappa shape index (κ2) is 5.65. The third-order valence-corrected chi connectivity index (χ3v) is 4.62. The summed E-state index contributed by atoms with van der Waals surface area (Å²) in [6.45, 7) is 3.50. The van der Waals surface area contributed by atoms with E-state index in [-0.39, 0.29) is 37.5 Å². The second-order valence-electron chi connectivity index (χ2n) is 6.59. The molecule has 0 bridgehead atoms. The van der Waals surface area contributed by atoms with Gasteiger partial charge < -0.3 is 19.8 Å². The molecule has 1 aliphatic heterocycles. The molecule has 1 amide bonds. The second-order valence-corrected chi connectivity index (χ2v) is 6.59. The quantitative estimate of drug-likeness (QED) is 0.882. The molecule has 1 fully saturated rings. The normalized spacial score (nSPS) is 26.6. The van der Waals surface area contributed by atoms with E-state index in [0.29, 0.717) is 0 Å². The van der Waals surface area contributed by atoms with Gasteiger partial charge in [0, 0.05) is 12.8 Å². The molecule has 1 saturated heterocycles. The van der Waals surface area contributed by atoms with Crippen LogP contribution in [0.2, 0.25) is 0 Å². The van der Waals surface area contributed by atoms with Crippen molar-refractivity contribution in [3.63, 3.8) is 0 Å². The van der Waals surface area contributed by atoms with Crippen LogP contribution in [0.4, 0.5) is 0 Å². The summed E-state index contributed by atoms with van der Waals surface area (Å²) < 4.78 is 6.12. The Kier molecular flexibility index (Phi) is 3.97. The first kappa shape index (κ1) is 15.5. The number of carbonyl (C=O) groups excluding carboxylic acids is 1. The highest BCUT2D eigenvalue weighted by atomic mass is 16.5. The van der Waals surface area contributed by atoms with Crippen LogP contribution in [0.15, 0.2) is 24.3 Å². The molecule has 5 nitrogen and oxygen atoms in total. The van der Waals surface area contributed by atoms with Crippen molar-refractivity contribution >= 4 is 5.91 Å². The zero-order valence-corrected chi connectivity index (χ0v) is 13.0. The van der Waals surface area contributed by atoms with E-state index in [1.165, 1.54) is 5.56 Å². The van der Waals surface area contributed by atoms with Gasteiger partial charge in [0.2, 0.25) is 5.91 Å². The van der Waals surface area contributed by atoms with Crippen molar-refractivity contribution in [1.29, 1.82) is 0 Å². The summed E-state index contributed by atoms with van der Waals surface area (Å²) >= 11 is 0. The first-order valence-electron chi connectivity index (χ1n) is 7.81. The van der Waals surface area contributed by atoms with Crippen LogP contribution in [0.1, 0.15) is 43.9 Å². The average Bonchev–Trinajstić information content (AvgIpc) is 2.94. The number of carbonyl (C=O) groups is 1. The molecule has 1 aromatic carbocycles. The van der Waals surface area contributed by atoms with E-state index in [1.54, 1.807) is 0 Å². The summed E-state index contributed by atoms with van der Waals surface area (Å²) in [5.41, 5.74) is 1.75. The maximum absolute atomic E-state index is 12.7. The third-order valence-electron chi connectivity index (χ3n) is 4.62. The van der Waals surface area contributed by atoms with Gasteiger partial charge in [-0.2, -0.15) is 0 Å². The van der Waals surface area contributed by atoms with Crippen LogP contribution < -0.4 is 0 Å². The fourth-order valence-corrected chi connectivity index (χ4v) is 3.67. The Morgan fingerprint density at radius 2 is 2.18 bits per heavy atom. The molecule has 0 saturated carbocycles. The van der Waals surface area contributed by atoms with Crippen molar-refractivity contribution in [2.75, 3.05) is 6.61 Å². The van der Waals surface area contributed by atoms with Crippen molar-refractivity contribution in [3.8, 4) is 0 Å². The number of aliphatic hydroxyl groups is 2. The lowest BCUT2D eigenvalue weighted by Crippen LogP contribution is -2.45. The van der Waals surface area contributed by atoms with Gasteiger partial charge in [-0.05, 0) is 31.4 Å². The van der Waals surface area contributed by atoms with E-state index in [1.807, 2.05) is 30.9 Å². The number of fused-ring (bicyclic) bond motifs is 3. The van der Waals surface area contributed by atoms with Gasteiger partial charge in [0.25, 0.3) is 0 Å². The molecule has 0 aromatic heterocycles. The molecule has 3 atom stereocenters. The fourth-order valence-electron chi connectivity index (χ4n) is 3.67. The highest BCUT2D eigenvalue weighted by molar-refractivity contribution is 5.78. The smallest absolute Gasteiger partial charge is 0.225 e. The molecule has 0 spiro atoms. The van der Waals surface area contributed by atoms with E-state index in [2.05, 4.69) is 12.1 Å². The van der Waals surface area contributed by atoms with Crippen LogP contribution in [0.5, 0.6) is 0 Å². The molecule has 1 aliphatic carbocycles.